The van der Waals surface area contributed by atoms with Gasteiger partial charge in [-0.1, -0.05) is 54.2 Å². The number of aliphatic carboxylic acids is 1. The molecule has 5 heteroatoms. The van der Waals surface area contributed by atoms with Crippen LogP contribution in [-0.2, 0) is 4.79 Å². The Morgan fingerprint density at radius 1 is 1.00 bits per heavy atom. The summed E-state index contributed by atoms with van der Waals surface area (Å²) in [7, 11) is 0. The van der Waals surface area contributed by atoms with Gasteiger partial charge in [0.2, 0.25) is 0 Å². The van der Waals surface area contributed by atoms with Gasteiger partial charge in [0.15, 0.2) is 0 Å². The van der Waals surface area contributed by atoms with Crippen LogP contribution < -0.4 is 0 Å². The molecule has 21 heavy (non-hydrogen) atoms. The molecule has 0 fully saturated rings. The fourth-order valence-electron chi connectivity index (χ4n) is 2.01. The zero-order valence-corrected chi connectivity index (χ0v) is 11.8. The Kier molecular flexibility index (Phi) is 3.83. The van der Waals surface area contributed by atoms with Gasteiger partial charge in [-0.25, -0.2) is 4.98 Å². The molecule has 2 aromatic carbocycles. The second-order valence-electron chi connectivity index (χ2n) is 4.44. The summed E-state index contributed by atoms with van der Waals surface area (Å²) in [5.74, 6) is -0.888. The molecule has 4 nitrogen and oxygen atoms in total. The minimum Gasteiger partial charge on any atom is -0.480 e. The van der Waals surface area contributed by atoms with Crippen LogP contribution in [0.4, 0.5) is 0 Å². The molecule has 0 amide bonds. The fraction of sp³-hybridized carbons (Fsp3) is 0.0625. The Bertz CT molecular complexity index is 777. The van der Waals surface area contributed by atoms with Crippen molar-refractivity contribution in [2.24, 2.45) is 0 Å². The third-order valence-electron chi connectivity index (χ3n) is 2.99. The Morgan fingerprint density at radius 2 is 1.67 bits per heavy atom. The van der Waals surface area contributed by atoms with E-state index in [2.05, 4.69) is 9.97 Å². The molecule has 0 saturated heterocycles. The van der Waals surface area contributed by atoms with Crippen molar-refractivity contribution in [1.29, 1.82) is 0 Å². The van der Waals surface area contributed by atoms with Gasteiger partial charge in [0.05, 0.1) is 17.2 Å². The molecule has 0 aliphatic heterocycles. The van der Waals surface area contributed by atoms with Crippen molar-refractivity contribution in [2.45, 2.75) is 10.3 Å². The summed E-state index contributed by atoms with van der Waals surface area (Å²) in [4.78, 5) is 20.3. The summed E-state index contributed by atoms with van der Waals surface area (Å²) < 4.78 is 0. The number of aromatic nitrogens is 2. The van der Waals surface area contributed by atoms with Crippen LogP contribution >= 0.6 is 11.8 Å². The number of carbonyl (C=O) groups is 1. The second kappa shape index (κ2) is 5.93. The maximum atomic E-state index is 11.5. The van der Waals surface area contributed by atoms with E-state index in [0.29, 0.717) is 5.03 Å². The molecule has 0 saturated carbocycles. The predicted octanol–water partition coefficient (Wildman–Crippen LogP) is 3.55. The number of hydrogen-bond acceptors (Lipinski definition) is 4. The molecule has 0 aliphatic rings. The number of rotatable bonds is 4. The van der Waals surface area contributed by atoms with E-state index in [9.17, 15) is 9.90 Å². The zero-order chi connectivity index (χ0) is 14.7. The summed E-state index contributed by atoms with van der Waals surface area (Å²) >= 11 is 1.19. The van der Waals surface area contributed by atoms with Crippen LogP contribution in [0.1, 0.15) is 10.8 Å². The highest BCUT2D eigenvalue weighted by Gasteiger charge is 2.21. The lowest BCUT2D eigenvalue weighted by Gasteiger charge is -2.11. The highest BCUT2D eigenvalue weighted by Crippen LogP contribution is 2.34. The number of carboxylic acids is 1. The van der Waals surface area contributed by atoms with Gasteiger partial charge in [0.1, 0.15) is 10.3 Å². The normalized spacial score (nSPS) is 12.2. The smallest absolute Gasteiger partial charge is 0.321 e. The number of fused-ring (bicyclic) bond motifs is 1. The molecular weight excluding hydrogens is 284 g/mol. The van der Waals surface area contributed by atoms with Crippen LogP contribution in [-0.4, -0.2) is 21.0 Å². The fourth-order valence-corrected chi connectivity index (χ4v) is 2.91. The van der Waals surface area contributed by atoms with Gasteiger partial charge in [-0.15, -0.1) is 0 Å². The molecule has 0 bridgehead atoms. The first-order chi connectivity index (χ1) is 10.2. The lowest BCUT2D eigenvalue weighted by atomic mass is 10.1. The van der Waals surface area contributed by atoms with Crippen molar-refractivity contribution in [3.63, 3.8) is 0 Å². The first kappa shape index (κ1) is 13.6. The zero-order valence-electron chi connectivity index (χ0n) is 11.0. The standard InChI is InChI=1S/C16H12N2O2S/c19-16(20)15(11-6-2-1-3-7-11)21-14-10-17-12-8-4-5-9-13(12)18-14/h1-10,15H,(H,19,20). The summed E-state index contributed by atoms with van der Waals surface area (Å²) in [6.07, 6.45) is 1.62. The first-order valence-electron chi connectivity index (χ1n) is 6.40. The number of hydrogen-bond donors (Lipinski definition) is 1. The van der Waals surface area contributed by atoms with Crippen molar-refractivity contribution >= 4 is 28.8 Å². The quantitative estimate of drug-likeness (QED) is 0.746. The Labute approximate surface area is 125 Å². The third-order valence-corrected chi connectivity index (χ3v) is 4.14. The summed E-state index contributed by atoms with van der Waals surface area (Å²) in [5, 5.41) is 9.34. The van der Waals surface area contributed by atoms with E-state index < -0.39 is 11.2 Å². The van der Waals surface area contributed by atoms with Crippen molar-refractivity contribution in [2.75, 3.05) is 0 Å². The van der Waals surface area contributed by atoms with Crippen molar-refractivity contribution < 1.29 is 9.90 Å². The van der Waals surface area contributed by atoms with Crippen LogP contribution in [0.25, 0.3) is 11.0 Å². The van der Waals surface area contributed by atoms with Crippen LogP contribution in [0.15, 0.2) is 65.8 Å². The van der Waals surface area contributed by atoms with E-state index in [-0.39, 0.29) is 0 Å². The average molecular weight is 296 g/mol. The Morgan fingerprint density at radius 3 is 2.38 bits per heavy atom. The highest BCUT2D eigenvalue weighted by atomic mass is 32.2. The highest BCUT2D eigenvalue weighted by molar-refractivity contribution is 8.00. The largest absolute Gasteiger partial charge is 0.480 e. The van der Waals surface area contributed by atoms with E-state index in [1.54, 1.807) is 18.3 Å². The minimum atomic E-state index is -0.888. The van der Waals surface area contributed by atoms with E-state index in [0.717, 1.165) is 16.6 Å². The molecule has 0 spiro atoms. The van der Waals surface area contributed by atoms with Crippen molar-refractivity contribution in [3.8, 4) is 0 Å². The van der Waals surface area contributed by atoms with Gasteiger partial charge in [-0.3, -0.25) is 9.78 Å². The van der Waals surface area contributed by atoms with Crippen LogP contribution in [0, 0.1) is 0 Å². The van der Waals surface area contributed by atoms with E-state index in [1.807, 2.05) is 42.5 Å². The molecule has 3 aromatic rings. The van der Waals surface area contributed by atoms with E-state index >= 15 is 0 Å². The predicted molar refractivity (Wildman–Crippen MR) is 82.2 cm³/mol. The number of para-hydroxylation sites is 2. The van der Waals surface area contributed by atoms with E-state index in [1.165, 1.54) is 11.8 Å². The third kappa shape index (κ3) is 3.03. The number of thioether (sulfide) groups is 1. The molecule has 1 aromatic heterocycles. The Balaban J connectivity index is 1.93. The van der Waals surface area contributed by atoms with Gasteiger partial charge in [-0.2, -0.15) is 0 Å². The minimum absolute atomic E-state index is 0.602. The Hall–Kier alpha value is -2.40. The number of benzene rings is 2. The lowest BCUT2D eigenvalue weighted by molar-refractivity contribution is -0.136. The molecule has 1 N–H and O–H groups in total. The van der Waals surface area contributed by atoms with Gasteiger partial charge < -0.3 is 5.11 Å². The number of nitrogens with zero attached hydrogens (tertiary/aromatic N) is 2. The molecule has 0 radical (unpaired) electrons. The summed E-state index contributed by atoms with van der Waals surface area (Å²) in [6.45, 7) is 0. The second-order valence-corrected chi connectivity index (χ2v) is 5.57. The molecule has 3 rings (SSSR count). The molecule has 104 valence electrons. The molecule has 1 unspecified atom stereocenters. The van der Waals surface area contributed by atoms with Gasteiger partial charge in [0, 0.05) is 0 Å². The maximum absolute atomic E-state index is 11.5. The summed E-state index contributed by atoms with van der Waals surface area (Å²) in [5.41, 5.74) is 2.30. The lowest BCUT2D eigenvalue weighted by Crippen LogP contribution is -2.08. The van der Waals surface area contributed by atoms with Crippen molar-refractivity contribution in [3.05, 3.63) is 66.4 Å². The van der Waals surface area contributed by atoms with Gasteiger partial charge in [-0.05, 0) is 17.7 Å². The number of carboxylic acid groups (broad SMARTS) is 1. The van der Waals surface area contributed by atoms with Crippen LogP contribution in [0.2, 0.25) is 0 Å². The van der Waals surface area contributed by atoms with Crippen molar-refractivity contribution in [1.82, 2.24) is 9.97 Å². The topological polar surface area (TPSA) is 63.1 Å². The summed E-state index contributed by atoms with van der Waals surface area (Å²) in [6, 6.07) is 16.7. The molecule has 0 aliphatic carbocycles. The monoisotopic (exact) mass is 296 g/mol. The molecule has 1 atom stereocenters. The van der Waals surface area contributed by atoms with Crippen LogP contribution in [0.3, 0.4) is 0 Å². The SMILES string of the molecule is O=C(O)C(Sc1cnc2ccccc2n1)c1ccccc1. The first-order valence-corrected chi connectivity index (χ1v) is 7.28. The van der Waals surface area contributed by atoms with Crippen LogP contribution in [0.5, 0.6) is 0 Å². The van der Waals surface area contributed by atoms with Gasteiger partial charge in [0.25, 0.3) is 0 Å². The molecular formula is C16H12N2O2S. The molecule has 1 heterocycles. The average Bonchev–Trinajstić information content (AvgIpc) is 2.53. The van der Waals surface area contributed by atoms with E-state index in [4.69, 9.17) is 0 Å². The van der Waals surface area contributed by atoms with Gasteiger partial charge >= 0.3 is 5.97 Å². The maximum Gasteiger partial charge on any atom is 0.321 e.